The minimum atomic E-state index is 0.794. The molecule has 4 heteroatoms. The van der Waals surface area contributed by atoms with E-state index in [2.05, 4.69) is 47.0 Å². The number of hydrogen-bond acceptors (Lipinski definition) is 4. The average molecular weight is 276 g/mol. The second-order valence-corrected chi connectivity index (χ2v) is 6.11. The maximum absolute atomic E-state index is 4.46. The van der Waals surface area contributed by atoms with Crippen LogP contribution in [0.1, 0.15) is 46.5 Å². The minimum absolute atomic E-state index is 0.794. The van der Waals surface area contributed by atoms with Gasteiger partial charge in [-0.2, -0.15) is 0 Å². The first-order valence-electron chi connectivity index (χ1n) is 8.01. The van der Waals surface area contributed by atoms with Crippen LogP contribution in [0.5, 0.6) is 0 Å². The van der Waals surface area contributed by atoms with Crippen molar-refractivity contribution in [2.24, 2.45) is 11.8 Å². The predicted octanol–water partition coefficient (Wildman–Crippen LogP) is 3.56. The van der Waals surface area contributed by atoms with E-state index in [9.17, 15) is 0 Å². The molecule has 0 radical (unpaired) electrons. The van der Waals surface area contributed by atoms with Crippen LogP contribution in [0.15, 0.2) is 12.4 Å². The molecule has 0 aromatic carbocycles. The van der Waals surface area contributed by atoms with Crippen LogP contribution < -0.4 is 10.2 Å². The Kier molecular flexibility index (Phi) is 5.62. The molecule has 1 atom stereocenters. The van der Waals surface area contributed by atoms with Gasteiger partial charge in [-0.15, -0.1) is 0 Å². The van der Waals surface area contributed by atoms with Crippen molar-refractivity contribution in [1.82, 2.24) is 9.97 Å². The standard InChI is InChI=1S/C16H28N4/c1-4-8-17-15-11-16(19-12-18-15)20-9-5-6-14(7-10-20)13(2)3/h11-14H,4-10H2,1-3H3,(H,17,18,19). The molecule has 1 saturated heterocycles. The number of hydrogen-bond donors (Lipinski definition) is 1. The molecule has 1 aliphatic rings. The molecule has 112 valence electrons. The highest BCUT2D eigenvalue weighted by atomic mass is 15.2. The normalized spacial score (nSPS) is 20.0. The Bertz CT molecular complexity index is 405. The van der Waals surface area contributed by atoms with Crippen molar-refractivity contribution in [2.45, 2.75) is 46.5 Å². The molecule has 0 spiro atoms. The molecular formula is C16H28N4. The van der Waals surface area contributed by atoms with Crippen molar-refractivity contribution < 1.29 is 0 Å². The van der Waals surface area contributed by atoms with Gasteiger partial charge in [-0.1, -0.05) is 20.8 Å². The Morgan fingerprint density at radius 2 is 2.15 bits per heavy atom. The lowest BCUT2D eigenvalue weighted by molar-refractivity contribution is 0.351. The van der Waals surface area contributed by atoms with Gasteiger partial charge in [0.2, 0.25) is 0 Å². The Morgan fingerprint density at radius 1 is 1.30 bits per heavy atom. The van der Waals surface area contributed by atoms with Gasteiger partial charge in [0.1, 0.15) is 18.0 Å². The first kappa shape index (κ1) is 15.1. The molecule has 2 rings (SSSR count). The highest BCUT2D eigenvalue weighted by Gasteiger charge is 2.20. The first-order valence-corrected chi connectivity index (χ1v) is 8.01. The third-order valence-corrected chi connectivity index (χ3v) is 4.25. The predicted molar refractivity (Wildman–Crippen MR) is 85.2 cm³/mol. The van der Waals surface area contributed by atoms with E-state index in [-0.39, 0.29) is 0 Å². The largest absolute Gasteiger partial charge is 0.370 e. The van der Waals surface area contributed by atoms with Crippen molar-refractivity contribution in [1.29, 1.82) is 0 Å². The van der Waals surface area contributed by atoms with Gasteiger partial charge in [0, 0.05) is 25.7 Å². The number of rotatable bonds is 5. The van der Waals surface area contributed by atoms with E-state index >= 15 is 0 Å². The third-order valence-electron chi connectivity index (χ3n) is 4.25. The number of nitrogens with zero attached hydrogens (tertiary/aromatic N) is 3. The molecule has 0 aliphatic carbocycles. The summed E-state index contributed by atoms with van der Waals surface area (Å²) in [6.07, 6.45) is 6.68. The summed E-state index contributed by atoms with van der Waals surface area (Å²) < 4.78 is 0. The van der Waals surface area contributed by atoms with Gasteiger partial charge < -0.3 is 10.2 Å². The lowest BCUT2D eigenvalue weighted by Gasteiger charge is -2.22. The second kappa shape index (κ2) is 7.46. The Hall–Kier alpha value is -1.32. The fourth-order valence-electron chi connectivity index (χ4n) is 2.89. The minimum Gasteiger partial charge on any atom is -0.370 e. The second-order valence-electron chi connectivity index (χ2n) is 6.11. The van der Waals surface area contributed by atoms with Gasteiger partial charge in [0.25, 0.3) is 0 Å². The van der Waals surface area contributed by atoms with Crippen molar-refractivity contribution >= 4 is 11.6 Å². The van der Waals surface area contributed by atoms with E-state index in [1.54, 1.807) is 6.33 Å². The molecular weight excluding hydrogens is 248 g/mol. The monoisotopic (exact) mass is 276 g/mol. The van der Waals surface area contributed by atoms with Crippen molar-refractivity contribution in [3.8, 4) is 0 Å². The summed E-state index contributed by atoms with van der Waals surface area (Å²) in [6, 6.07) is 2.09. The Labute approximate surface area is 123 Å². The van der Waals surface area contributed by atoms with Crippen molar-refractivity contribution in [3.05, 3.63) is 12.4 Å². The zero-order valence-electron chi connectivity index (χ0n) is 13.1. The summed E-state index contributed by atoms with van der Waals surface area (Å²) in [5.74, 6) is 3.67. The molecule has 0 saturated carbocycles. The molecule has 2 heterocycles. The Morgan fingerprint density at radius 3 is 2.90 bits per heavy atom. The van der Waals surface area contributed by atoms with E-state index in [1.165, 1.54) is 19.3 Å². The molecule has 1 N–H and O–H groups in total. The average Bonchev–Trinajstić information content (AvgIpc) is 2.71. The van der Waals surface area contributed by atoms with Crippen LogP contribution >= 0.6 is 0 Å². The molecule has 1 aromatic rings. The van der Waals surface area contributed by atoms with Gasteiger partial charge in [-0.25, -0.2) is 9.97 Å². The topological polar surface area (TPSA) is 41.0 Å². The third kappa shape index (κ3) is 4.09. The smallest absolute Gasteiger partial charge is 0.134 e. The molecule has 0 amide bonds. The van der Waals surface area contributed by atoms with E-state index in [0.717, 1.165) is 49.5 Å². The van der Waals surface area contributed by atoms with Crippen molar-refractivity contribution in [3.63, 3.8) is 0 Å². The lowest BCUT2D eigenvalue weighted by atomic mass is 9.89. The molecule has 0 bridgehead atoms. The highest BCUT2D eigenvalue weighted by Crippen LogP contribution is 2.26. The molecule has 1 aliphatic heterocycles. The summed E-state index contributed by atoms with van der Waals surface area (Å²) >= 11 is 0. The number of aromatic nitrogens is 2. The quantitative estimate of drug-likeness (QED) is 0.892. The van der Waals surface area contributed by atoms with Crippen LogP contribution in [0.2, 0.25) is 0 Å². The van der Waals surface area contributed by atoms with Crippen LogP contribution in [-0.2, 0) is 0 Å². The number of nitrogens with one attached hydrogen (secondary N) is 1. The number of anilines is 2. The van der Waals surface area contributed by atoms with Crippen LogP contribution in [0.4, 0.5) is 11.6 Å². The molecule has 1 unspecified atom stereocenters. The fourth-order valence-corrected chi connectivity index (χ4v) is 2.89. The van der Waals surface area contributed by atoms with E-state index in [1.807, 2.05) is 0 Å². The lowest BCUT2D eigenvalue weighted by Crippen LogP contribution is -2.25. The maximum atomic E-state index is 4.46. The van der Waals surface area contributed by atoms with Gasteiger partial charge in [0.05, 0.1) is 0 Å². The summed E-state index contributed by atoms with van der Waals surface area (Å²) in [6.45, 7) is 10.1. The van der Waals surface area contributed by atoms with Crippen molar-refractivity contribution in [2.75, 3.05) is 29.9 Å². The molecule has 4 nitrogen and oxygen atoms in total. The fraction of sp³-hybridized carbons (Fsp3) is 0.750. The van der Waals surface area contributed by atoms with Gasteiger partial charge in [0.15, 0.2) is 0 Å². The van der Waals surface area contributed by atoms with Crippen LogP contribution in [0.25, 0.3) is 0 Å². The van der Waals surface area contributed by atoms with Gasteiger partial charge >= 0.3 is 0 Å². The van der Waals surface area contributed by atoms with Crippen LogP contribution in [0, 0.1) is 11.8 Å². The zero-order chi connectivity index (χ0) is 14.4. The molecule has 20 heavy (non-hydrogen) atoms. The van der Waals surface area contributed by atoms with E-state index in [0.29, 0.717) is 0 Å². The summed E-state index contributed by atoms with van der Waals surface area (Å²) in [5.41, 5.74) is 0. The summed E-state index contributed by atoms with van der Waals surface area (Å²) in [7, 11) is 0. The first-order chi connectivity index (χ1) is 9.70. The maximum Gasteiger partial charge on any atom is 0.134 e. The zero-order valence-corrected chi connectivity index (χ0v) is 13.1. The van der Waals surface area contributed by atoms with Gasteiger partial charge in [-0.3, -0.25) is 0 Å². The Balaban J connectivity index is 2.00. The molecule has 1 aromatic heterocycles. The molecule has 1 fully saturated rings. The SMILES string of the molecule is CCCNc1cc(N2CCCC(C(C)C)CC2)ncn1. The van der Waals surface area contributed by atoms with Crippen LogP contribution in [0.3, 0.4) is 0 Å². The van der Waals surface area contributed by atoms with E-state index < -0.39 is 0 Å². The summed E-state index contributed by atoms with van der Waals surface area (Å²) in [4.78, 5) is 11.2. The van der Waals surface area contributed by atoms with E-state index in [4.69, 9.17) is 0 Å². The highest BCUT2D eigenvalue weighted by molar-refractivity contribution is 5.48. The summed E-state index contributed by atoms with van der Waals surface area (Å²) in [5, 5.41) is 3.34. The van der Waals surface area contributed by atoms with Gasteiger partial charge in [-0.05, 0) is 37.5 Å². The van der Waals surface area contributed by atoms with Crippen LogP contribution in [-0.4, -0.2) is 29.6 Å².